The maximum atomic E-state index is 12.7. The summed E-state index contributed by atoms with van der Waals surface area (Å²) in [5, 5.41) is 0. The zero-order valence-corrected chi connectivity index (χ0v) is 16.9. The Labute approximate surface area is 156 Å². The fraction of sp³-hybridized carbons (Fsp3) is 0.800. The summed E-state index contributed by atoms with van der Waals surface area (Å²) in [4.78, 5) is 21.7. The first-order valence-corrected chi connectivity index (χ1v) is 9.91. The molecule has 2 fully saturated rings. The second-order valence-electron chi connectivity index (χ2n) is 8.67. The number of oxazole rings is 1. The van der Waals surface area contributed by atoms with Crippen LogP contribution in [0.5, 0.6) is 0 Å². The Morgan fingerprint density at radius 1 is 1.15 bits per heavy atom. The van der Waals surface area contributed by atoms with E-state index in [2.05, 4.69) is 9.88 Å². The van der Waals surface area contributed by atoms with Gasteiger partial charge in [0, 0.05) is 12.6 Å². The third-order valence-corrected chi connectivity index (χ3v) is 5.45. The molecule has 0 aliphatic carbocycles. The van der Waals surface area contributed by atoms with Crippen molar-refractivity contribution in [3.63, 3.8) is 0 Å². The lowest BCUT2D eigenvalue weighted by Crippen LogP contribution is -2.53. The van der Waals surface area contributed by atoms with Crippen LogP contribution in [-0.4, -0.2) is 51.7 Å². The van der Waals surface area contributed by atoms with Crippen LogP contribution in [0.4, 0.5) is 4.79 Å². The number of nitrogens with zero attached hydrogens (tertiary/aromatic N) is 3. The molecule has 3 rings (SSSR count). The van der Waals surface area contributed by atoms with E-state index in [-0.39, 0.29) is 12.1 Å². The van der Waals surface area contributed by atoms with Crippen molar-refractivity contribution in [1.29, 1.82) is 0 Å². The third kappa shape index (κ3) is 4.40. The lowest BCUT2D eigenvalue weighted by atomic mass is 9.94. The first kappa shape index (κ1) is 19.2. The van der Waals surface area contributed by atoms with E-state index in [1.807, 2.05) is 39.5 Å². The molecule has 2 saturated heterocycles. The zero-order chi connectivity index (χ0) is 18.9. The minimum absolute atomic E-state index is 0.173. The van der Waals surface area contributed by atoms with Gasteiger partial charge in [-0.25, -0.2) is 9.78 Å². The molecular weight excluding hydrogens is 330 g/mol. The SMILES string of the molecule is Cc1nc(CN2CCCC[C@@H]2[C@H]2CCCN2C(=O)OC(C)(C)C)oc1C. The normalized spacial score (nSPS) is 24.9. The summed E-state index contributed by atoms with van der Waals surface area (Å²) in [6.45, 7) is 12.3. The molecule has 0 saturated carbocycles. The van der Waals surface area contributed by atoms with Crippen LogP contribution in [0.3, 0.4) is 0 Å². The number of aromatic nitrogens is 1. The van der Waals surface area contributed by atoms with Crippen molar-refractivity contribution in [3.05, 3.63) is 17.3 Å². The quantitative estimate of drug-likeness (QED) is 0.811. The summed E-state index contributed by atoms with van der Waals surface area (Å²) >= 11 is 0. The van der Waals surface area contributed by atoms with Gasteiger partial charge in [0.05, 0.1) is 18.3 Å². The van der Waals surface area contributed by atoms with Gasteiger partial charge in [0.15, 0.2) is 0 Å². The standard InChI is InChI=1S/C20H33N3O3/c1-14-15(2)25-18(21-14)13-22-11-7-6-9-16(22)17-10-8-12-23(17)19(24)26-20(3,4)5/h16-17H,6-13H2,1-5H3/t16-,17-/m1/s1. The number of carbonyl (C=O) groups is 1. The van der Waals surface area contributed by atoms with Gasteiger partial charge < -0.3 is 14.1 Å². The van der Waals surface area contributed by atoms with E-state index in [1.165, 1.54) is 12.8 Å². The van der Waals surface area contributed by atoms with Gasteiger partial charge in [-0.3, -0.25) is 4.90 Å². The molecule has 146 valence electrons. The minimum atomic E-state index is -0.455. The topological polar surface area (TPSA) is 58.8 Å². The van der Waals surface area contributed by atoms with Crippen molar-refractivity contribution < 1.29 is 13.9 Å². The number of hydrogen-bond donors (Lipinski definition) is 0. The summed E-state index contributed by atoms with van der Waals surface area (Å²) in [5.41, 5.74) is 0.508. The van der Waals surface area contributed by atoms with Crippen LogP contribution in [0.2, 0.25) is 0 Å². The molecule has 1 amide bonds. The molecule has 0 bridgehead atoms. The molecule has 0 radical (unpaired) electrons. The predicted molar refractivity (Wildman–Crippen MR) is 100.0 cm³/mol. The molecule has 0 N–H and O–H groups in total. The van der Waals surface area contributed by atoms with Crippen LogP contribution < -0.4 is 0 Å². The molecular formula is C20H33N3O3. The molecule has 6 nitrogen and oxygen atoms in total. The molecule has 0 aromatic carbocycles. The van der Waals surface area contributed by atoms with Crippen molar-refractivity contribution in [2.24, 2.45) is 0 Å². The van der Waals surface area contributed by atoms with Gasteiger partial charge in [0.1, 0.15) is 11.4 Å². The zero-order valence-electron chi connectivity index (χ0n) is 16.9. The average molecular weight is 364 g/mol. The van der Waals surface area contributed by atoms with Gasteiger partial charge in [0.25, 0.3) is 0 Å². The van der Waals surface area contributed by atoms with Crippen molar-refractivity contribution in [2.45, 2.75) is 91.0 Å². The molecule has 3 heterocycles. The number of hydrogen-bond acceptors (Lipinski definition) is 5. The molecule has 0 unspecified atom stereocenters. The van der Waals surface area contributed by atoms with Crippen molar-refractivity contribution in [1.82, 2.24) is 14.8 Å². The number of amides is 1. The predicted octanol–water partition coefficient (Wildman–Crippen LogP) is 4.05. The highest BCUT2D eigenvalue weighted by molar-refractivity contribution is 5.69. The second-order valence-corrected chi connectivity index (χ2v) is 8.67. The van der Waals surface area contributed by atoms with E-state index in [0.29, 0.717) is 6.04 Å². The van der Waals surface area contributed by atoms with Gasteiger partial charge in [0.2, 0.25) is 5.89 Å². The molecule has 26 heavy (non-hydrogen) atoms. The molecule has 2 aliphatic heterocycles. The fourth-order valence-corrected chi connectivity index (χ4v) is 4.17. The van der Waals surface area contributed by atoms with E-state index in [0.717, 1.165) is 56.2 Å². The average Bonchev–Trinajstić information content (AvgIpc) is 3.14. The van der Waals surface area contributed by atoms with Gasteiger partial charge >= 0.3 is 6.09 Å². The number of ether oxygens (including phenoxy) is 1. The summed E-state index contributed by atoms with van der Waals surface area (Å²) < 4.78 is 11.5. The monoisotopic (exact) mass is 363 g/mol. The Bertz CT molecular complexity index is 615. The highest BCUT2D eigenvalue weighted by atomic mass is 16.6. The lowest BCUT2D eigenvalue weighted by molar-refractivity contribution is 0.00536. The Hall–Kier alpha value is -1.56. The van der Waals surface area contributed by atoms with Crippen LogP contribution in [0.1, 0.15) is 70.2 Å². The Balaban J connectivity index is 1.72. The first-order valence-electron chi connectivity index (χ1n) is 9.91. The van der Waals surface area contributed by atoms with Gasteiger partial charge in [-0.1, -0.05) is 6.42 Å². The third-order valence-electron chi connectivity index (χ3n) is 5.45. The van der Waals surface area contributed by atoms with Crippen LogP contribution in [0.15, 0.2) is 4.42 Å². The van der Waals surface area contributed by atoms with Gasteiger partial charge in [-0.2, -0.15) is 0 Å². The second kappa shape index (κ2) is 7.59. The smallest absolute Gasteiger partial charge is 0.410 e. The summed E-state index contributed by atoms with van der Waals surface area (Å²) in [6, 6.07) is 0.577. The van der Waals surface area contributed by atoms with Gasteiger partial charge in [-0.15, -0.1) is 0 Å². The summed E-state index contributed by atoms with van der Waals surface area (Å²) in [7, 11) is 0. The number of carbonyl (C=O) groups excluding carboxylic acids is 1. The van der Waals surface area contributed by atoms with Crippen molar-refractivity contribution >= 4 is 6.09 Å². The van der Waals surface area contributed by atoms with E-state index in [4.69, 9.17) is 9.15 Å². The van der Waals surface area contributed by atoms with Crippen LogP contribution in [0.25, 0.3) is 0 Å². The molecule has 1 aromatic rings. The van der Waals surface area contributed by atoms with Crippen LogP contribution in [-0.2, 0) is 11.3 Å². The van der Waals surface area contributed by atoms with E-state index >= 15 is 0 Å². The number of aryl methyl sites for hydroxylation is 2. The molecule has 2 aliphatic rings. The first-order chi connectivity index (χ1) is 12.2. The lowest BCUT2D eigenvalue weighted by Gasteiger charge is -2.41. The Kier molecular flexibility index (Phi) is 5.61. The Morgan fingerprint density at radius 2 is 1.88 bits per heavy atom. The maximum absolute atomic E-state index is 12.7. The van der Waals surface area contributed by atoms with Crippen molar-refractivity contribution in [2.75, 3.05) is 13.1 Å². The van der Waals surface area contributed by atoms with E-state index in [9.17, 15) is 4.79 Å². The Morgan fingerprint density at radius 3 is 2.54 bits per heavy atom. The van der Waals surface area contributed by atoms with Crippen LogP contribution in [0, 0.1) is 13.8 Å². The van der Waals surface area contributed by atoms with Crippen molar-refractivity contribution in [3.8, 4) is 0 Å². The minimum Gasteiger partial charge on any atom is -0.444 e. The number of piperidine rings is 1. The largest absolute Gasteiger partial charge is 0.444 e. The molecule has 2 atom stereocenters. The highest BCUT2D eigenvalue weighted by Crippen LogP contribution is 2.31. The molecule has 6 heteroatoms. The summed E-state index contributed by atoms with van der Waals surface area (Å²) in [6.07, 6.45) is 5.43. The molecule has 0 spiro atoms. The number of rotatable bonds is 3. The highest BCUT2D eigenvalue weighted by Gasteiger charge is 2.40. The molecule has 1 aromatic heterocycles. The van der Waals surface area contributed by atoms with Crippen LogP contribution >= 0.6 is 0 Å². The summed E-state index contributed by atoms with van der Waals surface area (Å²) in [5.74, 6) is 1.68. The van der Waals surface area contributed by atoms with Gasteiger partial charge in [-0.05, 0) is 66.8 Å². The van der Waals surface area contributed by atoms with E-state index < -0.39 is 5.60 Å². The fourth-order valence-electron chi connectivity index (χ4n) is 4.17. The maximum Gasteiger partial charge on any atom is 0.410 e. The van der Waals surface area contributed by atoms with E-state index in [1.54, 1.807) is 0 Å². The number of likely N-dealkylation sites (tertiary alicyclic amines) is 2.